The maximum atomic E-state index is 11.3. The van der Waals surface area contributed by atoms with Crippen LogP contribution >= 0.6 is 11.6 Å². The maximum Gasteiger partial charge on any atom is 0.250 e. The third kappa shape index (κ3) is 2.68. The Morgan fingerprint density at radius 2 is 2.24 bits per heavy atom. The van der Waals surface area contributed by atoms with E-state index in [4.69, 9.17) is 17.3 Å². The van der Waals surface area contributed by atoms with Gasteiger partial charge in [0.15, 0.2) is 0 Å². The molecule has 21 heavy (non-hydrogen) atoms. The highest BCUT2D eigenvalue weighted by atomic mass is 35.5. The molecule has 2 aromatic heterocycles. The van der Waals surface area contributed by atoms with Crippen LogP contribution in [0.5, 0.6) is 0 Å². The third-order valence-corrected chi connectivity index (χ3v) is 3.58. The first kappa shape index (κ1) is 13.5. The van der Waals surface area contributed by atoms with E-state index in [0.717, 1.165) is 22.3 Å². The number of nitrogens with one attached hydrogen (secondary N) is 2. The number of rotatable bonds is 4. The van der Waals surface area contributed by atoms with E-state index in [1.165, 1.54) is 0 Å². The Hall–Kier alpha value is -2.53. The number of hydrogen-bond acceptors (Lipinski definition) is 3. The smallest absolute Gasteiger partial charge is 0.250 e. The summed E-state index contributed by atoms with van der Waals surface area (Å²) >= 11 is 5.93. The van der Waals surface area contributed by atoms with Crippen molar-refractivity contribution >= 4 is 34.2 Å². The van der Waals surface area contributed by atoms with Gasteiger partial charge in [-0.05, 0) is 35.9 Å². The molecular weight excluding hydrogens is 288 g/mol. The molecule has 1 amide bonds. The summed E-state index contributed by atoms with van der Waals surface area (Å²) in [6, 6.07) is 9.01. The number of aromatic amines is 1. The normalized spacial score (nSPS) is 10.7. The molecule has 3 rings (SSSR count). The van der Waals surface area contributed by atoms with Gasteiger partial charge < -0.3 is 16.0 Å². The Balaban J connectivity index is 1.82. The van der Waals surface area contributed by atoms with Crippen molar-refractivity contribution < 1.29 is 4.79 Å². The highest BCUT2D eigenvalue weighted by Crippen LogP contribution is 2.22. The van der Waals surface area contributed by atoms with Crippen molar-refractivity contribution in [3.05, 3.63) is 58.9 Å². The summed E-state index contributed by atoms with van der Waals surface area (Å²) in [7, 11) is 0. The van der Waals surface area contributed by atoms with Gasteiger partial charge in [0.05, 0.1) is 10.6 Å². The molecule has 0 fully saturated rings. The number of anilines is 1. The topological polar surface area (TPSA) is 83.8 Å². The lowest BCUT2D eigenvalue weighted by Gasteiger charge is -2.08. The largest absolute Gasteiger partial charge is 0.381 e. The highest BCUT2D eigenvalue weighted by Gasteiger charge is 2.08. The minimum Gasteiger partial charge on any atom is -0.381 e. The molecular formula is C15H13ClN4O. The van der Waals surface area contributed by atoms with E-state index in [9.17, 15) is 4.79 Å². The van der Waals surface area contributed by atoms with Crippen molar-refractivity contribution in [3.8, 4) is 0 Å². The number of halogens is 1. The molecule has 6 heteroatoms. The molecule has 0 spiro atoms. The fourth-order valence-corrected chi connectivity index (χ4v) is 2.39. The van der Waals surface area contributed by atoms with Crippen LogP contribution in [0.25, 0.3) is 11.0 Å². The monoisotopic (exact) mass is 300 g/mol. The van der Waals surface area contributed by atoms with Crippen LogP contribution in [0.4, 0.5) is 5.69 Å². The zero-order valence-corrected chi connectivity index (χ0v) is 11.8. The number of primary amides is 1. The molecule has 2 heterocycles. The minimum absolute atomic E-state index is 0.308. The second-order valence-corrected chi connectivity index (χ2v) is 5.03. The minimum atomic E-state index is -0.542. The molecule has 4 N–H and O–H groups in total. The summed E-state index contributed by atoms with van der Waals surface area (Å²) in [5.74, 6) is -0.542. The Kier molecular flexibility index (Phi) is 3.50. The van der Waals surface area contributed by atoms with E-state index in [2.05, 4.69) is 15.3 Å². The summed E-state index contributed by atoms with van der Waals surface area (Å²) in [6.45, 7) is 0.603. The molecule has 106 valence electrons. The number of amides is 1. The molecule has 3 aromatic rings. The zero-order chi connectivity index (χ0) is 14.8. The van der Waals surface area contributed by atoms with Gasteiger partial charge in [0.25, 0.3) is 0 Å². The number of nitrogens with two attached hydrogens (primary N) is 1. The lowest BCUT2D eigenvalue weighted by molar-refractivity contribution is 0.100. The number of fused-ring (bicyclic) bond motifs is 1. The summed E-state index contributed by atoms with van der Waals surface area (Å²) in [4.78, 5) is 18.6. The van der Waals surface area contributed by atoms with E-state index in [1.807, 2.05) is 24.4 Å². The first-order valence-electron chi connectivity index (χ1n) is 6.39. The molecule has 0 radical (unpaired) electrons. The van der Waals surface area contributed by atoms with Crippen LogP contribution in [0.2, 0.25) is 5.02 Å². The van der Waals surface area contributed by atoms with Crippen LogP contribution in [0.15, 0.2) is 42.7 Å². The standard InChI is InChI=1S/C15H13ClN4O/c16-13-4-3-10(6-12(13)14(17)21)19-7-9-8-20-15-11(9)2-1-5-18-15/h1-6,8,19H,7H2,(H2,17,21)(H,18,20). The number of hydrogen-bond donors (Lipinski definition) is 3. The van der Waals surface area contributed by atoms with Gasteiger partial charge in [-0.25, -0.2) is 4.98 Å². The number of pyridine rings is 1. The summed E-state index contributed by atoms with van der Waals surface area (Å²) in [5.41, 5.74) is 8.32. The number of aromatic nitrogens is 2. The van der Waals surface area contributed by atoms with Gasteiger partial charge in [0.2, 0.25) is 5.91 Å². The quantitative estimate of drug-likeness (QED) is 0.692. The van der Waals surface area contributed by atoms with E-state index < -0.39 is 5.91 Å². The van der Waals surface area contributed by atoms with Gasteiger partial charge >= 0.3 is 0 Å². The van der Waals surface area contributed by atoms with Gasteiger partial charge in [-0.15, -0.1) is 0 Å². The molecule has 5 nitrogen and oxygen atoms in total. The zero-order valence-electron chi connectivity index (χ0n) is 11.1. The lowest BCUT2D eigenvalue weighted by Crippen LogP contribution is -2.12. The molecule has 0 atom stereocenters. The summed E-state index contributed by atoms with van der Waals surface area (Å²) < 4.78 is 0. The van der Waals surface area contributed by atoms with Crippen LogP contribution in [-0.4, -0.2) is 15.9 Å². The predicted molar refractivity (Wildman–Crippen MR) is 83.4 cm³/mol. The fourth-order valence-electron chi connectivity index (χ4n) is 2.18. The van der Waals surface area contributed by atoms with Crippen molar-refractivity contribution in [2.45, 2.75) is 6.54 Å². The highest BCUT2D eigenvalue weighted by molar-refractivity contribution is 6.33. The van der Waals surface area contributed by atoms with E-state index in [1.54, 1.807) is 18.3 Å². The molecule has 0 saturated carbocycles. The van der Waals surface area contributed by atoms with Crippen molar-refractivity contribution in [2.24, 2.45) is 5.73 Å². The molecule has 0 unspecified atom stereocenters. The van der Waals surface area contributed by atoms with Crippen LogP contribution in [0.3, 0.4) is 0 Å². The first-order valence-corrected chi connectivity index (χ1v) is 6.77. The fraction of sp³-hybridized carbons (Fsp3) is 0.0667. The molecule has 1 aromatic carbocycles. The van der Waals surface area contributed by atoms with E-state index in [-0.39, 0.29) is 0 Å². The van der Waals surface area contributed by atoms with Crippen LogP contribution in [0.1, 0.15) is 15.9 Å². The number of H-pyrrole nitrogens is 1. The Morgan fingerprint density at radius 1 is 1.38 bits per heavy atom. The van der Waals surface area contributed by atoms with Gasteiger partial charge in [0.1, 0.15) is 5.65 Å². The van der Waals surface area contributed by atoms with Crippen molar-refractivity contribution in [2.75, 3.05) is 5.32 Å². The van der Waals surface area contributed by atoms with Gasteiger partial charge in [-0.3, -0.25) is 4.79 Å². The number of nitrogens with zero attached hydrogens (tertiary/aromatic N) is 1. The molecule has 0 aliphatic carbocycles. The average Bonchev–Trinajstić information content (AvgIpc) is 2.89. The maximum absolute atomic E-state index is 11.3. The summed E-state index contributed by atoms with van der Waals surface area (Å²) in [5, 5.41) is 4.66. The lowest BCUT2D eigenvalue weighted by atomic mass is 10.1. The predicted octanol–water partition coefficient (Wildman–Crippen LogP) is 2.93. The average molecular weight is 301 g/mol. The summed E-state index contributed by atoms with van der Waals surface area (Å²) in [6.07, 6.45) is 3.66. The second kappa shape index (κ2) is 5.46. The van der Waals surface area contributed by atoms with Gasteiger partial charge in [-0.1, -0.05) is 11.6 Å². The van der Waals surface area contributed by atoms with Crippen molar-refractivity contribution in [3.63, 3.8) is 0 Å². The van der Waals surface area contributed by atoms with Crippen molar-refractivity contribution in [1.82, 2.24) is 9.97 Å². The molecule has 0 bridgehead atoms. The third-order valence-electron chi connectivity index (χ3n) is 3.25. The number of carbonyl (C=O) groups excluding carboxylic acids is 1. The molecule has 0 aliphatic heterocycles. The number of benzene rings is 1. The van der Waals surface area contributed by atoms with E-state index >= 15 is 0 Å². The molecule has 0 saturated heterocycles. The SMILES string of the molecule is NC(=O)c1cc(NCc2c[nH]c3ncccc23)ccc1Cl. The van der Waals surface area contributed by atoms with Crippen molar-refractivity contribution in [1.29, 1.82) is 0 Å². The van der Waals surface area contributed by atoms with E-state index in [0.29, 0.717) is 17.1 Å². The Morgan fingerprint density at radius 3 is 3.05 bits per heavy atom. The Labute approximate surface area is 126 Å². The Bertz CT molecular complexity index is 812. The molecule has 0 aliphatic rings. The van der Waals surface area contributed by atoms with Gasteiger partial charge in [0, 0.05) is 30.0 Å². The van der Waals surface area contributed by atoms with Crippen LogP contribution in [0, 0.1) is 0 Å². The van der Waals surface area contributed by atoms with Crippen LogP contribution in [-0.2, 0) is 6.54 Å². The second-order valence-electron chi connectivity index (χ2n) is 4.63. The van der Waals surface area contributed by atoms with Gasteiger partial charge in [-0.2, -0.15) is 0 Å². The van der Waals surface area contributed by atoms with Crippen LogP contribution < -0.4 is 11.1 Å². The number of carbonyl (C=O) groups is 1. The first-order chi connectivity index (χ1) is 10.1.